The third-order valence-electron chi connectivity index (χ3n) is 2.11. The first-order valence-electron chi connectivity index (χ1n) is 4.39. The fraction of sp³-hybridized carbons (Fsp3) is 0.100. The molecule has 16 heavy (non-hydrogen) atoms. The molecule has 0 saturated carbocycles. The van der Waals surface area contributed by atoms with Gasteiger partial charge in [0.05, 0.1) is 12.5 Å². The number of benzene rings is 1. The molecule has 0 aliphatic heterocycles. The number of carbonyl (C=O) groups is 1. The van der Waals surface area contributed by atoms with Gasteiger partial charge in [0.15, 0.2) is 0 Å². The number of aromatic nitrogens is 2. The van der Waals surface area contributed by atoms with E-state index in [2.05, 4.69) is 9.72 Å². The summed E-state index contributed by atoms with van der Waals surface area (Å²) in [5.74, 6) is -0.605. The van der Waals surface area contributed by atoms with E-state index >= 15 is 0 Å². The first kappa shape index (κ1) is 10.3. The van der Waals surface area contributed by atoms with Crippen molar-refractivity contribution in [3.8, 4) is 0 Å². The molecule has 0 unspecified atom stereocenters. The van der Waals surface area contributed by atoms with Crippen molar-refractivity contribution >= 4 is 17.0 Å². The van der Waals surface area contributed by atoms with Gasteiger partial charge in [0.2, 0.25) is 0 Å². The quantitative estimate of drug-likeness (QED) is 0.670. The zero-order valence-electron chi connectivity index (χ0n) is 8.31. The van der Waals surface area contributed by atoms with Crippen LogP contribution in [0.3, 0.4) is 0 Å². The Balaban J connectivity index is 2.81. The van der Waals surface area contributed by atoms with Crippen LogP contribution in [0.2, 0.25) is 0 Å². The van der Waals surface area contributed by atoms with Gasteiger partial charge in [-0.25, -0.2) is 18.7 Å². The molecule has 0 saturated heterocycles. The normalized spacial score (nSPS) is 10.4. The van der Waals surface area contributed by atoms with E-state index in [1.165, 1.54) is 18.2 Å². The molecule has 0 amide bonds. The maximum absolute atomic E-state index is 13.3. The molecule has 0 atom stereocenters. The van der Waals surface area contributed by atoms with Crippen LogP contribution in [0.4, 0.5) is 9.18 Å². The minimum atomic E-state index is -0.858. The molecule has 2 aromatic rings. The summed E-state index contributed by atoms with van der Waals surface area (Å²) in [6.07, 6.45) is 0.0863. The molecule has 2 rings (SSSR count). The van der Waals surface area contributed by atoms with Crippen LogP contribution < -0.4 is 5.56 Å². The SMILES string of the molecule is COC(=O)n1cnc2c(F)cccc2c1=O. The molecule has 0 spiro atoms. The van der Waals surface area contributed by atoms with Gasteiger partial charge in [0.25, 0.3) is 5.56 Å². The van der Waals surface area contributed by atoms with E-state index in [4.69, 9.17) is 0 Å². The van der Waals surface area contributed by atoms with Crippen molar-refractivity contribution in [2.45, 2.75) is 0 Å². The van der Waals surface area contributed by atoms with E-state index in [1.54, 1.807) is 0 Å². The van der Waals surface area contributed by atoms with Crippen LogP contribution in [-0.2, 0) is 4.74 Å². The van der Waals surface area contributed by atoms with E-state index < -0.39 is 17.5 Å². The number of methoxy groups -OCH3 is 1. The molecule has 0 aliphatic rings. The highest BCUT2D eigenvalue weighted by atomic mass is 19.1. The van der Waals surface area contributed by atoms with Gasteiger partial charge in [-0.15, -0.1) is 0 Å². The molecule has 1 aromatic carbocycles. The lowest BCUT2D eigenvalue weighted by atomic mass is 10.2. The monoisotopic (exact) mass is 222 g/mol. The summed E-state index contributed by atoms with van der Waals surface area (Å²) in [5, 5.41) is 0.0351. The Morgan fingerprint density at radius 2 is 2.25 bits per heavy atom. The van der Waals surface area contributed by atoms with Gasteiger partial charge in [-0.2, -0.15) is 0 Å². The standard InChI is InChI=1S/C10H7FN2O3/c1-16-10(15)13-5-12-8-6(9(13)14)3-2-4-7(8)11/h2-5H,1H3. The van der Waals surface area contributed by atoms with Crippen LogP contribution in [0.15, 0.2) is 29.3 Å². The lowest BCUT2D eigenvalue weighted by Gasteiger charge is -2.03. The van der Waals surface area contributed by atoms with Crippen molar-refractivity contribution < 1.29 is 13.9 Å². The van der Waals surface area contributed by atoms with Crippen LogP contribution in [0.5, 0.6) is 0 Å². The van der Waals surface area contributed by atoms with Gasteiger partial charge in [0.1, 0.15) is 17.7 Å². The van der Waals surface area contributed by atoms with Gasteiger partial charge in [-0.1, -0.05) is 6.07 Å². The lowest BCUT2D eigenvalue weighted by Crippen LogP contribution is -2.27. The average Bonchev–Trinajstić information content (AvgIpc) is 2.30. The predicted octanol–water partition coefficient (Wildman–Crippen LogP) is 1.15. The van der Waals surface area contributed by atoms with E-state index in [1.807, 2.05) is 0 Å². The second-order valence-electron chi connectivity index (χ2n) is 3.03. The number of halogens is 1. The first-order valence-corrected chi connectivity index (χ1v) is 4.39. The maximum atomic E-state index is 13.3. The number of nitrogens with zero attached hydrogens (tertiary/aromatic N) is 2. The molecule has 1 aromatic heterocycles. The summed E-state index contributed by atoms with van der Waals surface area (Å²) < 4.78 is 18.3. The fourth-order valence-corrected chi connectivity index (χ4v) is 1.35. The number of fused-ring (bicyclic) bond motifs is 1. The summed E-state index contributed by atoms with van der Waals surface area (Å²) in [6.45, 7) is 0. The van der Waals surface area contributed by atoms with E-state index in [-0.39, 0.29) is 10.9 Å². The Labute approximate surface area is 89.1 Å². The Bertz CT molecular complexity index is 621. The van der Waals surface area contributed by atoms with Crippen molar-refractivity contribution in [1.29, 1.82) is 0 Å². The number of rotatable bonds is 0. The Morgan fingerprint density at radius 3 is 2.94 bits per heavy atom. The Kier molecular flexibility index (Phi) is 2.40. The van der Waals surface area contributed by atoms with Crippen LogP contribution >= 0.6 is 0 Å². The van der Waals surface area contributed by atoms with Crippen molar-refractivity contribution in [2.75, 3.05) is 7.11 Å². The van der Waals surface area contributed by atoms with E-state index in [0.717, 1.165) is 13.4 Å². The summed E-state index contributed by atoms with van der Waals surface area (Å²) >= 11 is 0. The molecule has 0 fully saturated rings. The zero-order chi connectivity index (χ0) is 11.7. The molecular formula is C10H7FN2O3. The number of para-hydroxylation sites is 1. The van der Waals surface area contributed by atoms with Crippen molar-refractivity contribution in [2.24, 2.45) is 0 Å². The third kappa shape index (κ3) is 1.44. The number of carbonyl (C=O) groups excluding carboxylic acids is 1. The summed E-state index contributed by atoms with van der Waals surface area (Å²) in [7, 11) is 1.14. The number of hydrogen-bond acceptors (Lipinski definition) is 4. The fourth-order valence-electron chi connectivity index (χ4n) is 1.35. The molecule has 0 bridgehead atoms. The van der Waals surface area contributed by atoms with E-state index in [9.17, 15) is 14.0 Å². The lowest BCUT2D eigenvalue weighted by molar-refractivity contribution is 0.171. The largest absolute Gasteiger partial charge is 0.452 e. The molecule has 0 N–H and O–H groups in total. The highest BCUT2D eigenvalue weighted by Gasteiger charge is 2.12. The zero-order valence-corrected chi connectivity index (χ0v) is 8.31. The molecule has 1 heterocycles. The van der Waals surface area contributed by atoms with Gasteiger partial charge < -0.3 is 4.74 Å². The third-order valence-corrected chi connectivity index (χ3v) is 2.11. The predicted molar refractivity (Wildman–Crippen MR) is 53.8 cm³/mol. The minimum Gasteiger partial charge on any atom is -0.452 e. The van der Waals surface area contributed by atoms with E-state index in [0.29, 0.717) is 4.57 Å². The summed E-state index contributed by atoms with van der Waals surface area (Å²) in [4.78, 5) is 26.6. The average molecular weight is 222 g/mol. The number of ether oxygens (including phenoxy) is 1. The summed E-state index contributed by atoms with van der Waals surface area (Å²) in [6, 6.07) is 3.97. The first-order chi connectivity index (χ1) is 7.65. The molecule has 82 valence electrons. The molecular weight excluding hydrogens is 215 g/mol. The van der Waals surface area contributed by atoms with Gasteiger partial charge in [-0.05, 0) is 12.1 Å². The van der Waals surface area contributed by atoms with Gasteiger partial charge >= 0.3 is 6.09 Å². The van der Waals surface area contributed by atoms with Crippen LogP contribution in [0.1, 0.15) is 0 Å². The highest BCUT2D eigenvalue weighted by Crippen LogP contribution is 2.10. The minimum absolute atomic E-state index is 0.0351. The van der Waals surface area contributed by atoms with Crippen molar-refractivity contribution in [1.82, 2.24) is 9.55 Å². The number of hydrogen-bond donors (Lipinski definition) is 0. The van der Waals surface area contributed by atoms with Gasteiger partial charge in [-0.3, -0.25) is 4.79 Å². The smallest absolute Gasteiger partial charge is 0.421 e. The Morgan fingerprint density at radius 1 is 1.50 bits per heavy atom. The van der Waals surface area contributed by atoms with Crippen LogP contribution in [-0.4, -0.2) is 22.8 Å². The van der Waals surface area contributed by atoms with Crippen LogP contribution in [0, 0.1) is 5.82 Å². The van der Waals surface area contributed by atoms with Crippen LogP contribution in [0.25, 0.3) is 10.9 Å². The molecule has 6 heteroatoms. The van der Waals surface area contributed by atoms with Crippen molar-refractivity contribution in [3.63, 3.8) is 0 Å². The second-order valence-corrected chi connectivity index (χ2v) is 3.03. The molecule has 0 radical (unpaired) electrons. The molecule has 0 aliphatic carbocycles. The highest BCUT2D eigenvalue weighted by molar-refractivity contribution is 5.81. The molecule has 5 nitrogen and oxygen atoms in total. The van der Waals surface area contributed by atoms with Crippen molar-refractivity contribution in [3.05, 3.63) is 40.7 Å². The van der Waals surface area contributed by atoms with Gasteiger partial charge in [0, 0.05) is 0 Å². The second kappa shape index (κ2) is 3.73. The topological polar surface area (TPSA) is 61.2 Å². The summed E-state index contributed by atoms with van der Waals surface area (Å²) in [5.41, 5.74) is -0.719. The maximum Gasteiger partial charge on any atom is 0.421 e. The Hall–Kier alpha value is -2.24.